The van der Waals surface area contributed by atoms with Crippen molar-refractivity contribution in [3.05, 3.63) is 66.2 Å². The summed E-state index contributed by atoms with van der Waals surface area (Å²) in [5, 5.41) is 0. The molecule has 3 rings (SSSR count). The molecule has 1 saturated carbocycles. The average molecular weight is 252 g/mol. The number of rotatable bonds is 4. The summed E-state index contributed by atoms with van der Waals surface area (Å²) in [6.07, 6.45) is 1.83. The first-order valence-corrected chi connectivity index (χ1v) is 6.48. The van der Waals surface area contributed by atoms with Gasteiger partial charge < -0.3 is 0 Å². The van der Waals surface area contributed by atoms with Crippen LogP contribution in [0.5, 0.6) is 0 Å². The van der Waals surface area contributed by atoms with Crippen molar-refractivity contribution in [1.29, 1.82) is 0 Å². The van der Waals surface area contributed by atoms with E-state index in [1.165, 1.54) is 0 Å². The van der Waals surface area contributed by atoms with Gasteiger partial charge in [0.25, 0.3) is 0 Å². The van der Waals surface area contributed by atoms with Gasteiger partial charge in [-0.1, -0.05) is 48.5 Å². The van der Waals surface area contributed by atoms with Crippen molar-refractivity contribution in [3.8, 4) is 0 Å². The van der Waals surface area contributed by atoms with Gasteiger partial charge >= 0.3 is 0 Å². The van der Waals surface area contributed by atoms with E-state index in [9.17, 15) is 4.79 Å². The third kappa shape index (κ3) is 2.32. The standard InChI is InChI=1S/C16H16N2O/c19-15(18-17-14-9-5-2-6-10-14)16(11-12-16)13-7-3-1-4-8-13/h1-10,17H,11-12H2,(H,18,19). The molecule has 0 aromatic heterocycles. The van der Waals surface area contributed by atoms with Gasteiger partial charge in [-0.2, -0.15) is 0 Å². The van der Waals surface area contributed by atoms with Crippen molar-refractivity contribution in [1.82, 2.24) is 5.43 Å². The van der Waals surface area contributed by atoms with Crippen molar-refractivity contribution in [2.45, 2.75) is 18.3 Å². The topological polar surface area (TPSA) is 41.1 Å². The van der Waals surface area contributed by atoms with Gasteiger partial charge in [0.05, 0.1) is 11.1 Å². The second kappa shape index (κ2) is 4.76. The van der Waals surface area contributed by atoms with Crippen molar-refractivity contribution in [2.24, 2.45) is 0 Å². The van der Waals surface area contributed by atoms with Gasteiger partial charge in [0.2, 0.25) is 5.91 Å². The van der Waals surface area contributed by atoms with Gasteiger partial charge in [-0.3, -0.25) is 15.6 Å². The molecule has 3 nitrogen and oxygen atoms in total. The van der Waals surface area contributed by atoms with Crippen LogP contribution in [0.3, 0.4) is 0 Å². The van der Waals surface area contributed by atoms with Crippen molar-refractivity contribution in [3.63, 3.8) is 0 Å². The molecule has 0 radical (unpaired) electrons. The fourth-order valence-corrected chi connectivity index (χ4v) is 2.30. The molecule has 3 heteroatoms. The molecular formula is C16H16N2O. The maximum atomic E-state index is 12.3. The number of nitrogens with one attached hydrogen (secondary N) is 2. The molecule has 0 bridgehead atoms. The Morgan fingerprint density at radius 3 is 2.05 bits per heavy atom. The Kier molecular flexibility index (Phi) is 2.95. The summed E-state index contributed by atoms with van der Waals surface area (Å²) in [5.41, 5.74) is 7.43. The minimum atomic E-state index is -0.330. The summed E-state index contributed by atoms with van der Waals surface area (Å²) >= 11 is 0. The second-order valence-corrected chi connectivity index (χ2v) is 4.89. The van der Waals surface area contributed by atoms with E-state index in [0.29, 0.717) is 0 Å². The van der Waals surface area contributed by atoms with E-state index in [1.54, 1.807) is 0 Å². The SMILES string of the molecule is O=C(NNc1ccccc1)C1(c2ccccc2)CC1. The summed E-state index contributed by atoms with van der Waals surface area (Å²) in [7, 11) is 0. The normalized spacial score (nSPS) is 15.6. The maximum absolute atomic E-state index is 12.3. The lowest BCUT2D eigenvalue weighted by Crippen LogP contribution is -2.38. The molecule has 2 aromatic rings. The average Bonchev–Trinajstić information content (AvgIpc) is 3.28. The summed E-state index contributed by atoms with van der Waals surface area (Å²) in [5.74, 6) is 0.0440. The number of carbonyl (C=O) groups excluding carboxylic acids is 1. The van der Waals surface area contributed by atoms with Crippen molar-refractivity contribution >= 4 is 11.6 Å². The summed E-state index contributed by atoms with van der Waals surface area (Å²) < 4.78 is 0. The molecule has 0 aliphatic heterocycles. The van der Waals surface area contributed by atoms with E-state index in [1.807, 2.05) is 60.7 Å². The minimum absolute atomic E-state index is 0.0440. The molecule has 1 amide bonds. The van der Waals surface area contributed by atoms with E-state index in [2.05, 4.69) is 10.9 Å². The molecule has 2 N–H and O–H groups in total. The van der Waals surface area contributed by atoms with Crippen LogP contribution in [0.2, 0.25) is 0 Å². The largest absolute Gasteiger partial charge is 0.299 e. The molecule has 0 heterocycles. The summed E-state index contributed by atoms with van der Waals surface area (Å²) in [4.78, 5) is 12.3. The molecule has 1 aliphatic carbocycles. The number of hydrogen-bond donors (Lipinski definition) is 2. The lowest BCUT2D eigenvalue weighted by Gasteiger charge is -2.16. The Bertz CT molecular complexity index is 562. The number of hydrazine groups is 1. The van der Waals surface area contributed by atoms with Crippen LogP contribution in [-0.2, 0) is 10.2 Å². The fraction of sp³-hybridized carbons (Fsp3) is 0.188. The van der Waals surface area contributed by atoms with Crippen LogP contribution in [0, 0.1) is 0 Å². The monoisotopic (exact) mass is 252 g/mol. The Morgan fingerprint density at radius 1 is 0.895 bits per heavy atom. The third-order valence-electron chi connectivity index (χ3n) is 3.61. The molecular weight excluding hydrogens is 236 g/mol. The highest BCUT2D eigenvalue weighted by Gasteiger charge is 2.51. The Hall–Kier alpha value is -2.29. The van der Waals surface area contributed by atoms with E-state index in [4.69, 9.17) is 0 Å². The molecule has 2 aromatic carbocycles. The highest BCUT2D eigenvalue weighted by Crippen LogP contribution is 2.48. The molecule has 0 atom stereocenters. The zero-order chi connectivity index (χ0) is 13.1. The quantitative estimate of drug-likeness (QED) is 0.821. The first-order chi connectivity index (χ1) is 9.31. The smallest absolute Gasteiger partial charge is 0.248 e. The highest BCUT2D eigenvalue weighted by atomic mass is 16.2. The second-order valence-electron chi connectivity index (χ2n) is 4.89. The van der Waals surface area contributed by atoms with E-state index < -0.39 is 0 Å². The first-order valence-electron chi connectivity index (χ1n) is 6.48. The van der Waals surface area contributed by atoms with Gasteiger partial charge in [-0.25, -0.2) is 0 Å². The van der Waals surface area contributed by atoms with E-state index in [0.717, 1.165) is 24.1 Å². The molecule has 0 spiro atoms. The zero-order valence-corrected chi connectivity index (χ0v) is 10.6. The van der Waals surface area contributed by atoms with Crippen LogP contribution in [0.15, 0.2) is 60.7 Å². The lowest BCUT2D eigenvalue weighted by molar-refractivity contribution is -0.123. The lowest BCUT2D eigenvalue weighted by atomic mass is 9.95. The number of anilines is 1. The van der Waals surface area contributed by atoms with E-state index >= 15 is 0 Å². The van der Waals surface area contributed by atoms with E-state index in [-0.39, 0.29) is 11.3 Å². The van der Waals surface area contributed by atoms with Crippen molar-refractivity contribution in [2.75, 3.05) is 5.43 Å². The van der Waals surface area contributed by atoms with Gasteiger partial charge in [0, 0.05) is 0 Å². The molecule has 1 fully saturated rings. The predicted molar refractivity (Wildman–Crippen MR) is 75.6 cm³/mol. The van der Waals surface area contributed by atoms with Gasteiger partial charge in [0.15, 0.2) is 0 Å². The molecule has 1 aliphatic rings. The van der Waals surface area contributed by atoms with Gasteiger partial charge in [-0.05, 0) is 30.5 Å². The third-order valence-corrected chi connectivity index (χ3v) is 3.61. The Morgan fingerprint density at radius 2 is 1.47 bits per heavy atom. The van der Waals surface area contributed by atoms with Gasteiger partial charge in [-0.15, -0.1) is 0 Å². The molecule has 96 valence electrons. The fourth-order valence-electron chi connectivity index (χ4n) is 2.30. The molecule has 0 saturated heterocycles. The van der Waals surface area contributed by atoms with Crippen LogP contribution in [-0.4, -0.2) is 5.91 Å². The van der Waals surface area contributed by atoms with Crippen LogP contribution in [0.4, 0.5) is 5.69 Å². The number of amides is 1. The number of benzene rings is 2. The van der Waals surface area contributed by atoms with Crippen LogP contribution in [0.25, 0.3) is 0 Å². The number of carbonyl (C=O) groups is 1. The number of para-hydroxylation sites is 1. The zero-order valence-electron chi connectivity index (χ0n) is 10.6. The minimum Gasteiger partial charge on any atom is -0.299 e. The molecule has 0 unspecified atom stereocenters. The maximum Gasteiger partial charge on any atom is 0.248 e. The van der Waals surface area contributed by atoms with Crippen molar-refractivity contribution < 1.29 is 4.79 Å². The highest BCUT2D eigenvalue weighted by molar-refractivity contribution is 5.92. The van der Waals surface area contributed by atoms with Crippen LogP contribution < -0.4 is 10.9 Å². The first kappa shape index (κ1) is 11.8. The van der Waals surface area contributed by atoms with Crippen LogP contribution in [0.1, 0.15) is 18.4 Å². The summed E-state index contributed by atoms with van der Waals surface area (Å²) in [6.45, 7) is 0. The Balaban J connectivity index is 1.68. The molecule has 19 heavy (non-hydrogen) atoms. The Labute approximate surface area is 112 Å². The van der Waals surface area contributed by atoms with Crippen LogP contribution >= 0.6 is 0 Å². The summed E-state index contributed by atoms with van der Waals surface area (Å²) in [6, 6.07) is 19.6. The van der Waals surface area contributed by atoms with Gasteiger partial charge in [0.1, 0.15) is 0 Å². The number of hydrogen-bond acceptors (Lipinski definition) is 2. The predicted octanol–water partition coefficient (Wildman–Crippen LogP) is 2.86.